The molecular formula is C10H8F4O3. The molecule has 0 aliphatic heterocycles. The Morgan fingerprint density at radius 3 is 1.94 bits per heavy atom. The second-order valence-corrected chi connectivity index (χ2v) is 2.99. The fraction of sp³-hybridized carbons (Fsp3) is 0.300. The van der Waals surface area contributed by atoms with Gasteiger partial charge in [0, 0.05) is 0 Å². The Labute approximate surface area is 93.6 Å². The summed E-state index contributed by atoms with van der Waals surface area (Å²) in [6.07, 6.45) is 0. The van der Waals surface area contributed by atoms with Crippen molar-refractivity contribution >= 4 is 5.97 Å². The maximum absolute atomic E-state index is 13.3. The van der Waals surface area contributed by atoms with Gasteiger partial charge in [0.2, 0.25) is 0 Å². The number of hydrogen-bond acceptors (Lipinski definition) is 3. The zero-order valence-electron chi connectivity index (χ0n) is 8.69. The van der Waals surface area contributed by atoms with Crippen LogP contribution < -0.4 is 0 Å². The highest BCUT2D eigenvalue weighted by Gasteiger charge is 2.29. The fourth-order valence-corrected chi connectivity index (χ4v) is 1.20. The molecule has 3 nitrogen and oxygen atoms in total. The second kappa shape index (κ2) is 5.13. The smallest absolute Gasteiger partial charge is 0.344 e. The van der Waals surface area contributed by atoms with E-state index < -0.39 is 47.0 Å². The molecule has 7 heteroatoms. The highest BCUT2D eigenvalue weighted by molar-refractivity contribution is 5.90. The molecule has 0 unspecified atom stereocenters. The summed E-state index contributed by atoms with van der Waals surface area (Å²) in [5, 5.41) is 8.55. The van der Waals surface area contributed by atoms with Gasteiger partial charge in [-0.2, -0.15) is 0 Å². The molecule has 1 aromatic rings. The van der Waals surface area contributed by atoms with Crippen molar-refractivity contribution in [3.8, 4) is 0 Å². The first-order valence-corrected chi connectivity index (χ1v) is 4.58. The Bertz CT molecular complexity index is 430. The summed E-state index contributed by atoms with van der Waals surface area (Å²) >= 11 is 0. The van der Waals surface area contributed by atoms with Crippen LogP contribution in [0.15, 0.2) is 0 Å². The van der Waals surface area contributed by atoms with Crippen LogP contribution >= 0.6 is 0 Å². The number of halogens is 4. The number of carbonyl (C=O) groups is 1. The molecule has 0 atom stereocenters. The Kier molecular flexibility index (Phi) is 4.06. The van der Waals surface area contributed by atoms with Gasteiger partial charge < -0.3 is 9.84 Å². The van der Waals surface area contributed by atoms with Crippen molar-refractivity contribution in [1.29, 1.82) is 0 Å². The van der Waals surface area contributed by atoms with Crippen LogP contribution in [0.25, 0.3) is 0 Å². The molecule has 1 aromatic carbocycles. The van der Waals surface area contributed by atoms with Crippen molar-refractivity contribution in [2.45, 2.75) is 13.5 Å². The lowest BCUT2D eigenvalue weighted by molar-refractivity contribution is 0.0511. The van der Waals surface area contributed by atoms with E-state index in [2.05, 4.69) is 4.74 Å². The van der Waals surface area contributed by atoms with E-state index in [0.717, 1.165) is 0 Å². The van der Waals surface area contributed by atoms with Crippen molar-refractivity contribution < 1.29 is 32.2 Å². The summed E-state index contributed by atoms with van der Waals surface area (Å²) in [4.78, 5) is 11.1. The predicted molar refractivity (Wildman–Crippen MR) is 48.2 cm³/mol. The lowest BCUT2D eigenvalue weighted by Crippen LogP contribution is -2.15. The minimum atomic E-state index is -1.88. The van der Waals surface area contributed by atoms with E-state index in [1.807, 2.05) is 0 Å². The van der Waals surface area contributed by atoms with Gasteiger partial charge in [0.25, 0.3) is 0 Å². The molecule has 0 aliphatic carbocycles. The molecule has 0 fully saturated rings. The van der Waals surface area contributed by atoms with Gasteiger partial charge in [0.05, 0.1) is 18.8 Å². The number of benzene rings is 1. The van der Waals surface area contributed by atoms with E-state index in [-0.39, 0.29) is 6.61 Å². The van der Waals surface area contributed by atoms with Gasteiger partial charge >= 0.3 is 5.97 Å². The monoisotopic (exact) mass is 252 g/mol. The van der Waals surface area contributed by atoms with Crippen LogP contribution in [0.2, 0.25) is 0 Å². The van der Waals surface area contributed by atoms with E-state index in [0.29, 0.717) is 0 Å². The molecule has 0 saturated heterocycles. The topological polar surface area (TPSA) is 46.5 Å². The molecule has 0 aliphatic rings. The van der Waals surface area contributed by atoms with Crippen molar-refractivity contribution in [3.63, 3.8) is 0 Å². The summed E-state index contributed by atoms with van der Waals surface area (Å²) in [5.41, 5.74) is -2.62. The average molecular weight is 252 g/mol. The maximum Gasteiger partial charge on any atom is 0.344 e. The van der Waals surface area contributed by atoms with Crippen LogP contribution in [0.4, 0.5) is 17.6 Å². The third-order valence-electron chi connectivity index (χ3n) is 1.99. The quantitative estimate of drug-likeness (QED) is 0.508. The van der Waals surface area contributed by atoms with Crippen LogP contribution in [-0.4, -0.2) is 17.7 Å². The lowest BCUT2D eigenvalue weighted by Gasteiger charge is -2.09. The van der Waals surface area contributed by atoms with Crippen LogP contribution in [0.3, 0.4) is 0 Å². The van der Waals surface area contributed by atoms with Gasteiger partial charge in [-0.15, -0.1) is 0 Å². The van der Waals surface area contributed by atoms with Crippen molar-refractivity contribution in [3.05, 3.63) is 34.4 Å². The number of carbonyl (C=O) groups excluding carboxylic acids is 1. The predicted octanol–water partition coefficient (Wildman–Crippen LogP) is 1.91. The molecule has 17 heavy (non-hydrogen) atoms. The largest absolute Gasteiger partial charge is 0.462 e. The van der Waals surface area contributed by atoms with Crippen LogP contribution in [0.1, 0.15) is 22.8 Å². The molecule has 0 spiro atoms. The van der Waals surface area contributed by atoms with Gasteiger partial charge in [0.1, 0.15) is 5.56 Å². The van der Waals surface area contributed by atoms with E-state index in [9.17, 15) is 22.4 Å². The first-order chi connectivity index (χ1) is 7.95. The third kappa shape index (κ3) is 2.23. The van der Waals surface area contributed by atoms with Gasteiger partial charge in [0.15, 0.2) is 23.3 Å². The van der Waals surface area contributed by atoms with Gasteiger partial charge in [-0.05, 0) is 6.92 Å². The molecular weight excluding hydrogens is 244 g/mol. The molecule has 0 heterocycles. The number of aliphatic hydroxyl groups excluding tert-OH is 1. The lowest BCUT2D eigenvalue weighted by atomic mass is 10.1. The van der Waals surface area contributed by atoms with Gasteiger partial charge in [-0.1, -0.05) is 0 Å². The normalized spacial score (nSPS) is 10.5. The Morgan fingerprint density at radius 2 is 1.59 bits per heavy atom. The first-order valence-electron chi connectivity index (χ1n) is 4.58. The molecule has 0 bridgehead atoms. The highest BCUT2D eigenvalue weighted by atomic mass is 19.2. The van der Waals surface area contributed by atoms with E-state index in [4.69, 9.17) is 5.11 Å². The number of hydrogen-bond donors (Lipinski definition) is 1. The molecule has 0 amide bonds. The summed E-state index contributed by atoms with van der Waals surface area (Å²) in [6, 6.07) is 0. The average Bonchev–Trinajstić information content (AvgIpc) is 2.28. The Balaban J connectivity index is 3.48. The molecule has 0 saturated carbocycles. The maximum atomic E-state index is 13.3. The summed E-state index contributed by atoms with van der Waals surface area (Å²) < 4.78 is 57.1. The standard InChI is InChI=1S/C10H8F4O3/c1-2-17-10(16)5-8(13)6(11)4(3-15)7(12)9(5)14/h15H,2-3H2,1H3. The minimum absolute atomic E-state index is 0.206. The molecule has 0 radical (unpaired) electrons. The van der Waals surface area contributed by atoms with Gasteiger partial charge in [-0.3, -0.25) is 0 Å². The third-order valence-corrected chi connectivity index (χ3v) is 1.99. The summed E-state index contributed by atoms with van der Waals surface area (Å²) in [6.45, 7) is -0.0696. The van der Waals surface area contributed by atoms with Crippen molar-refractivity contribution in [2.24, 2.45) is 0 Å². The van der Waals surface area contributed by atoms with Crippen LogP contribution in [0, 0.1) is 23.3 Å². The Hall–Kier alpha value is -1.63. The number of rotatable bonds is 3. The van der Waals surface area contributed by atoms with Gasteiger partial charge in [-0.25, -0.2) is 22.4 Å². The van der Waals surface area contributed by atoms with Crippen molar-refractivity contribution in [1.82, 2.24) is 0 Å². The highest BCUT2D eigenvalue weighted by Crippen LogP contribution is 2.24. The van der Waals surface area contributed by atoms with Crippen molar-refractivity contribution in [2.75, 3.05) is 6.61 Å². The zero-order chi connectivity index (χ0) is 13.2. The minimum Gasteiger partial charge on any atom is -0.462 e. The van der Waals surface area contributed by atoms with E-state index in [1.54, 1.807) is 0 Å². The zero-order valence-corrected chi connectivity index (χ0v) is 8.69. The second-order valence-electron chi connectivity index (χ2n) is 2.99. The molecule has 0 aromatic heterocycles. The number of aliphatic hydroxyl groups is 1. The first kappa shape index (κ1) is 13.4. The van der Waals surface area contributed by atoms with E-state index >= 15 is 0 Å². The SMILES string of the molecule is CCOC(=O)c1c(F)c(F)c(CO)c(F)c1F. The Morgan fingerprint density at radius 1 is 1.12 bits per heavy atom. The molecule has 1 N–H and O–H groups in total. The number of ether oxygens (including phenoxy) is 1. The molecule has 1 rings (SSSR count). The summed E-state index contributed by atoms with van der Waals surface area (Å²) in [5.74, 6) is -8.90. The molecule has 94 valence electrons. The number of esters is 1. The fourth-order valence-electron chi connectivity index (χ4n) is 1.20. The van der Waals surface area contributed by atoms with Crippen LogP contribution in [-0.2, 0) is 11.3 Å². The van der Waals surface area contributed by atoms with E-state index in [1.165, 1.54) is 6.92 Å². The van der Waals surface area contributed by atoms with Crippen LogP contribution in [0.5, 0.6) is 0 Å². The summed E-state index contributed by atoms with van der Waals surface area (Å²) in [7, 11) is 0.